The molecule has 7 nitrogen and oxygen atoms in total. The number of rotatable bonds is 9. The van der Waals surface area contributed by atoms with Crippen LogP contribution in [0.3, 0.4) is 0 Å². The zero-order chi connectivity index (χ0) is 26.4. The molecule has 1 fully saturated rings. The molecule has 4 rings (SSSR count). The van der Waals surface area contributed by atoms with E-state index in [9.17, 15) is 14.4 Å². The number of carbonyl (C=O) groups is 3. The standard InChI is InChI=1S/C28H24INO6S/c1-3-34-23-16-19(15-22(29)25(23)36-27(32)20-7-5-4-6-8-20)17-24-26(31)30(28(33)37-24)13-14-35-21-11-9-18(2)10-12-21/h4-12,15-17H,3,13-14H2,1-2H3/b24-17-. The van der Waals surface area contributed by atoms with E-state index >= 15 is 0 Å². The number of nitrogens with zero attached hydrogens (tertiary/aromatic N) is 1. The molecule has 9 heteroatoms. The highest BCUT2D eigenvalue weighted by Gasteiger charge is 2.35. The summed E-state index contributed by atoms with van der Waals surface area (Å²) in [5.41, 5.74) is 2.19. The van der Waals surface area contributed by atoms with Gasteiger partial charge < -0.3 is 14.2 Å². The number of ether oxygens (including phenoxy) is 3. The summed E-state index contributed by atoms with van der Waals surface area (Å²) >= 11 is 2.93. The van der Waals surface area contributed by atoms with Gasteiger partial charge in [-0.05, 0) is 96.2 Å². The summed E-state index contributed by atoms with van der Waals surface area (Å²) in [5, 5.41) is -0.350. The highest BCUT2D eigenvalue weighted by atomic mass is 127. The van der Waals surface area contributed by atoms with Crippen molar-refractivity contribution in [2.45, 2.75) is 13.8 Å². The van der Waals surface area contributed by atoms with Crippen molar-refractivity contribution < 1.29 is 28.6 Å². The SMILES string of the molecule is CCOc1cc(/C=C2\SC(=O)N(CCOc3ccc(C)cc3)C2=O)cc(I)c1OC(=O)c1ccccc1. The first-order valence-electron chi connectivity index (χ1n) is 11.5. The van der Waals surface area contributed by atoms with Gasteiger partial charge in [-0.3, -0.25) is 14.5 Å². The van der Waals surface area contributed by atoms with E-state index in [0.717, 1.165) is 17.3 Å². The Kier molecular flexibility index (Phi) is 8.88. The lowest BCUT2D eigenvalue weighted by atomic mass is 10.1. The van der Waals surface area contributed by atoms with Gasteiger partial charge in [0.1, 0.15) is 12.4 Å². The monoisotopic (exact) mass is 629 g/mol. The maximum atomic E-state index is 12.9. The molecular formula is C28H24INO6S. The molecule has 0 atom stereocenters. The molecule has 2 amide bonds. The van der Waals surface area contributed by atoms with E-state index in [4.69, 9.17) is 14.2 Å². The molecule has 1 aliphatic heterocycles. The summed E-state index contributed by atoms with van der Waals surface area (Å²) in [4.78, 5) is 39.5. The number of aryl methyl sites for hydroxylation is 1. The third kappa shape index (κ3) is 6.72. The molecular weight excluding hydrogens is 605 g/mol. The molecule has 0 spiro atoms. The largest absolute Gasteiger partial charge is 0.492 e. The van der Waals surface area contributed by atoms with E-state index in [1.54, 1.807) is 42.5 Å². The number of carbonyl (C=O) groups excluding carboxylic acids is 3. The number of esters is 1. The minimum atomic E-state index is -0.499. The molecule has 1 heterocycles. The molecule has 0 saturated carbocycles. The second-order valence-corrected chi connectivity index (χ2v) is 10.2. The van der Waals surface area contributed by atoms with Gasteiger partial charge in [-0.25, -0.2) is 4.79 Å². The third-order valence-electron chi connectivity index (χ3n) is 5.31. The molecule has 3 aromatic carbocycles. The molecule has 1 saturated heterocycles. The molecule has 0 aliphatic carbocycles. The Morgan fingerprint density at radius 2 is 1.76 bits per heavy atom. The molecule has 37 heavy (non-hydrogen) atoms. The van der Waals surface area contributed by atoms with Gasteiger partial charge in [0.05, 0.1) is 27.2 Å². The van der Waals surface area contributed by atoms with Crippen molar-refractivity contribution in [3.63, 3.8) is 0 Å². The number of benzene rings is 3. The van der Waals surface area contributed by atoms with Crippen molar-refractivity contribution in [1.82, 2.24) is 4.90 Å². The molecule has 0 N–H and O–H groups in total. The Morgan fingerprint density at radius 1 is 1.03 bits per heavy atom. The summed E-state index contributed by atoms with van der Waals surface area (Å²) in [6, 6.07) is 19.7. The molecule has 1 aliphatic rings. The van der Waals surface area contributed by atoms with E-state index in [1.165, 1.54) is 4.90 Å². The number of halogens is 1. The lowest BCUT2D eigenvalue weighted by molar-refractivity contribution is -0.123. The van der Waals surface area contributed by atoms with Gasteiger partial charge in [-0.1, -0.05) is 35.9 Å². The first-order valence-corrected chi connectivity index (χ1v) is 13.4. The minimum absolute atomic E-state index is 0.145. The van der Waals surface area contributed by atoms with Crippen LogP contribution >= 0.6 is 34.4 Å². The summed E-state index contributed by atoms with van der Waals surface area (Å²) < 4.78 is 17.7. The Labute approximate surface area is 232 Å². The Bertz CT molecular complexity index is 1340. The summed E-state index contributed by atoms with van der Waals surface area (Å²) in [6.45, 7) is 4.51. The molecule has 0 radical (unpaired) electrons. The van der Waals surface area contributed by atoms with Crippen molar-refractivity contribution in [2.75, 3.05) is 19.8 Å². The topological polar surface area (TPSA) is 82.1 Å². The maximum Gasteiger partial charge on any atom is 0.343 e. The van der Waals surface area contributed by atoms with Gasteiger partial charge in [0.2, 0.25) is 0 Å². The molecule has 0 unspecified atom stereocenters. The number of amides is 2. The van der Waals surface area contributed by atoms with Gasteiger partial charge in [-0.2, -0.15) is 0 Å². The highest BCUT2D eigenvalue weighted by molar-refractivity contribution is 14.1. The van der Waals surface area contributed by atoms with Crippen LogP contribution in [-0.4, -0.2) is 41.8 Å². The number of imide groups is 1. The van der Waals surface area contributed by atoms with Crippen molar-refractivity contribution >= 4 is 57.5 Å². The van der Waals surface area contributed by atoms with Gasteiger partial charge >= 0.3 is 5.97 Å². The zero-order valence-electron chi connectivity index (χ0n) is 20.2. The number of hydrogen-bond donors (Lipinski definition) is 0. The fourth-order valence-corrected chi connectivity index (χ4v) is 5.09. The van der Waals surface area contributed by atoms with Gasteiger partial charge in [0.15, 0.2) is 11.5 Å². The number of hydrogen-bond acceptors (Lipinski definition) is 7. The fourth-order valence-electron chi connectivity index (χ4n) is 3.49. The van der Waals surface area contributed by atoms with Crippen molar-refractivity contribution in [1.29, 1.82) is 0 Å². The second-order valence-electron chi connectivity index (χ2n) is 8.01. The summed E-state index contributed by atoms with van der Waals surface area (Å²) in [5.74, 6) is 0.473. The van der Waals surface area contributed by atoms with Crippen LogP contribution < -0.4 is 14.2 Å². The smallest absolute Gasteiger partial charge is 0.343 e. The first kappa shape index (κ1) is 26.7. The van der Waals surface area contributed by atoms with Crippen LogP contribution in [0.2, 0.25) is 0 Å². The van der Waals surface area contributed by atoms with Crippen LogP contribution in [-0.2, 0) is 4.79 Å². The lowest BCUT2D eigenvalue weighted by Gasteiger charge is -2.14. The van der Waals surface area contributed by atoms with E-state index in [-0.39, 0.29) is 24.3 Å². The second kappa shape index (κ2) is 12.3. The lowest BCUT2D eigenvalue weighted by Crippen LogP contribution is -2.32. The van der Waals surface area contributed by atoms with Crippen LogP contribution in [0.25, 0.3) is 6.08 Å². The summed E-state index contributed by atoms with van der Waals surface area (Å²) in [6.07, 6.45) is 1.64. The van der Waals surface area contributed by atoms with Gasteiger partial charge in [0, 0.05) is 0 Å². The predicted octanol–water partition coefficient (Wildman–Crippen LogP) is 6.33. The summed E-state index contributed by atoms with van der Waals surface area (Å²) in [7, 11) is 0. The van der Waals surface area contributed by atoms with Gasteiger partial charge in [-0.15, -0.1) is 0 Å². The van der Waals surface area contributed by atoms with E-state index in [2.05, 4.69) is 22.6 Å². The predicted molar refractivity (Wildman–Crippen MR) is 151 cm³/mol. The zero-order valence-corrected chi connectivity index (χ0v) is 23.2. The molecule has 0 bridgehead atoms. The van der Waals surface area contributed by atoms with Gasteiger partial charge in [0.25, 0.3) is 11.1 Å². The molecule has 0 aromatic heterocycles. The average molecular weight is 629 g/mol. The van der Waals surface area contributed by atoms with Crippen LogP contribution in [0.15, 0.2) is 71.6 Å². The van der Waals surface area contributed by atoms with Crippen molar-refractivity contribution in [2.24, 2.45) is 0 Å². The third-order valence-corrected chi connectivity index (χ3v) is 7.02. The first-order chi connectivity index (χ1) is 17.9. The molecule has 190 valence electrons. The van der Waals surface area contributed by atoms with Crippen molar-refractivity contribution in [3.05, 3.63) is 91.9 Å². The van der Waals surface area contributed by atoms with Crippen molar-refractivity contribution in [3.8, 4) is 17.2 Å². The van der Waals surface area contributed by atoms with Crippen LogP contribution in [0.4, 0.5) is 4.79 Å². The fraction of sp³-hybridized carbons (Fsp3) is 0.179. The van der Waals surface area contributed by atoms with E-state index in [0.29, 0.717) is 43.5 Å². The number of thioether (sulfide) groups is 1. The molecule has 3 aromatic rings. The normalized spacial score (nSPS) is 14.2. The van der Waals surface area contributed by atoms with Crippen LogP contribution in [0, 0.1) is 10.5 Å². The van der Waals surface area contributed by atoms with E-state index < -0.39 is 5.97 Å². The van der Waals surface area contributed by atoms with E-state index in [1.807, 2.05) is 44.2 Å². The Hall–Kier alpha value is -3.31. The maximum absolute atomic E-state index is 12.9. The van der Waals surface area contributed by atoms with Crippen LogP contribution in [0.1, 0.15) is 28.4 Å². The average Bonchev–Trinajstić information content (AvgIpc) is 3.15. The highest BCUT2D eigenvalue weighted by Crippen LogP contribution is 2.38. The minimum Gasteiger partial charge on any atom is -0.492 e. The van der Waals surface area contributed by atoms with Crippen LogP contribution in [0.5, 0.6) is 17.2 Å². The quantitative estimate of drug-likeness (QED) is 0.118. The Balaban J connectivity index is 1.48. The Morgan fingerprint density at radius 3 is 2.46 bits per heavy atom.